The van der Waals surface area contributed by atoms with Crippen molar-refractivity contribution >= 4 is 17.2 Å². The van der Waals surface area contributed by atoms with Gasteiger partial charge in [-0.15, -0.1) is 0 Å². The van der Waals surface area contributed by atoms with Gasteiger partial charge in [0, 0.05) is 5.02 Å². The van der Waals surface area contributed by atoms with E-state index in [0.717, 1.165) is 17.9 Å². The van der Waals surface area contributed by atoms with Gasteiger partial charge in [-0.1, -0.05) is 37.6 Å². The van der Waals surface area contributed by atoms with Crippen molar-refractivity contribution in [1.29, 1.82) is 0 Å². The van der Waals surface area contributed by atoms with Gasteiger partial charge in [0.05, 0.1) is 6.61 Å². The lowest BCUT2D eigenvalue weighted by Gasteiger charge is -2.33. The lowest BCUT2D eigenvalue weighted by molar-refractivity contribution is 0.275. The van der Waals surface area contributed by atoms with E-state index in [0.29, 0.717) is 5.41 Å². The average Bonchev–Trinajstić information content (AvgIpc) is 2.29. The van der Waals surface area contributed by atoms with E-state index >= 15 is 0 Å². The molecule has 0 saturated carbocycles. The van der Waals surface area contributed by atoms with Crippen molar-refractivity contribution in [3.05, 3.63) is 40.4 Å². The van der Waals surface area contributed by atoms with Crippen molar-refractivity contribution in [1.82, 2.24) is 0 Å². The van der Waals surface area contributed by atoms with E-state index in [9.17, 15) is 5.11 Å². The van der Waals surface area contributed by atoms with E-state index in [1.54, 1.807) is 0 Å². The highest BCUT2D eigenvalue weighted by atomic mass is 35.5. The van der Waals surface area contributed by atoms with E-state index in [4.69, 9.17) is 11.6 Å². The van der Waals surface area contributed by atoms with Crippen molar-refractivity contribution in [2.75, 3.05) is 6.61 Å². The third-order valence-electron chi connectivity index (χ3n) is 3.55. The Balaban J connectivity index is 2.36. The highest BCUT2D eigenvalue weighted by molar-refractivity contribution is 6.30. The zero-order chi connectivity index (χ0) is 12.5. The molecule has 1 aliphatic carbocycles. The van der Waals surface area contributed by atoms with Crippen LogP contribution in [0.3, 0.4) is 0 Å². The molecule has 0 saturated heterocycles. The van der Waals surface area contributed by atoms with Crippen LogP contribution in [0.2, 0.25) is 5.02 Å². The largest absolute Gasteiger partial charge is 0.392 e. The molecule has 1 nitrogen and oxygen atoms in total. The number of halogens is 1. The van der Waals surface area contributed by atoms with Gasteiger partial charge in [-0.25, -0.2) is 0 Å². The quantitative estimate of drug-likeness (QED) is 0.830. The molecule has 0 amide bonds. The molecule has 0 aliphatic heterocycles. The summed E-state index contributed by atoms with van der Waals surface area (Å²) in [6.07, 6.45) is 3.21. The smallest absolute Gasteiger partial charge is 0.0647 e. The summed E-state index contributed by atoms with van der Waals surface area (Å²) in [6.45, 7) is 4.70. The summed E-state index contributed by atoms with van der Waals surface area (Å²) < 4.78 is 0. The Morgan fingerprint density at radius 2 is 1.88 bits per heavy atom. The van der Waals surface area contributed by atoms with E-state index in [1.807, 2.05) is 24.3 Å². The Labute approximate surface area is 108 Å². The van der Waals surface area contributed by atoms with Crippen LogP contribution in [0.4, 0.5) is 0 Å². The second kappa shape index (κ2) is 4.83. The van der Waals surface area contributed by atoms with E-state index in [2.05, 4.69) is 13.8 Å². The molecule has 0 aromatic heterocycles. The minimum atomic E-state index is 0.168. The van der Waals surface area contributed by atoms with Crippen molar-refractivity contribution in [2.45, 2.75) is 33.1 Å². The molecule has 0 radical (unpaired) electrons. The average molecular weight is 251 g/mol. The number of allylic oxidation sites excluding steroid dienone is 1. The molecule has 0 heterocycles. The summed E-state index contributed by atoms with van der Waals surface area (Å²) in [5, 5.41) is 10.3. The van der Waals surface area contributed by atoms with Crippen molar-refractivity contribution in [3.8, 4) is 0 Å². The molecule has 17 heavy (non-hydrogen) atoms. The minimum absolute atomic E-state index is 0.168. The van der Waals surface area contributed by atoms with E-state index in [-0.39, 0.29) is 6.61 Å². The van der Waals surface area contributed by atoms with Gasteiger partial charge in [-0.05, 0) is 53.5 Å². The van der Waals surface area contributed by atoms with Crippen LogP contribution in [0.1, 0.15) is 38.7 Å². The molecule has 0 unspecified atom stereocenters. The SMILES string of the molecule is CC1(C)CCC(c2ccc(Cl)cc2)=C(CO)C1. The predicted octanol–water partition coefficient (Wildman–Crippen LogP) is 4.30. The van der Waals surface area contributed by atoms with Gasteiger partial charge in [-0.2, -0.15) is 0 Å². The molecular weight excluding hydrogens is 232 g/mol. The number of aliphatic hydroxyl groups is 1. The van der Waals surface area contributed by atoms with Crippen LogP contribution in [0.15, 0.2) is 29.8 Å². The van der Waals surface area contributed by atoms with Crippen molar-refractivity contribution in [3.63, 3.8) is 0 Å². The standard InChI is InChI=1S/C15H19ClO/c1-15(2)8-7-14(12(9-15)10-17)11-3-5-13(16)6-4-11/h3-6,17H,7-10H2,1-2H3. The molecule has 1 N–H and O–H groups in total. The number of benzene rings is 1. The first-order valence-corrected chi connectivity index (χ1v) is 6.47. The predicted molar refractivity (Wildman–Crippen MR) is 73.1 cm³/mol. The van der Waals surface area contributed by atoms with Gasteiger partial charge in [0.1, 0.15) is 0 Å². The lowest BCUT2D eigenvalue weighted by atomic mass is 9.73. The highest BCUT2D eigenvalue weighted by Gasteiger charge is 2.27. The topological polar surface area (TPSA) is 20.2 Å². The molecule has 0 spiro atoms. The zero-order valence-corrected chi connectivity index (χ0v) is 11.2. The molecule has 1 aromatic carbocycles. The first kappa shape index (κ1) is 12.7. The van der Waals surface area contributed by atoms with Gasteiger partial charge < -0.3 is 5.11 Å². The molecule has 0 atom stereocenters. The molecular formula is C15H19ClO. The van der Waals surface area contributed by atoms with Crippen LogP contribution < -0.4 is 0 Å². The first-order chi connectivity index (χ1) is 8.02. The summed E-state index contributed by atoms with van der Waals surface area (Å²) in [5.41, 5.74) is 4.01. The maximum Gasteiger partial charge on any atom is 0.0647 e. The molecule has 0 bridgehead atoms. The normalized spacial score (nSPS) is 19.5. The number of hydrogen-bond acceptors (Lipinski definition) is 1. The third kappa shape index (κ3) is 2.91. The highest BCUT2D eigenvalue weighted by Crippen LogP contribution is 2.42. The maximum atomic E-state index is 9.53. The van der Waals surface area contributed by atoms with Gasteiger partial charge >= 0.3 is 0 Å². The summed E-state index contributed by atoms with van der Waals surface area (Å²) in [4.78, 5) is 0. The fourth-order valence-electron chi connectivity index (χ4n) is 2.56. The van der Waals surface area contributed by atoms with Crippen LogP contribution >= 0.6 is 11.6 Å². The Kier molecular flexibility index (Phi) is 3.60. The maximum absolute atomic E-state index is 9.53. The Hall–Kier alpha value is -0.790. The Morgan fingerprint density at radius 3 is 2.47 bits per heavy atom. The number of aliphatic hydroxyl groups excluding tert-OH is 1. The van der Waals surface area contributed by atoms with Crippen molar-refractivity contribution in [2.24, 2.45) is 5.41 Å². The van der Waals surface area contributed by atoms with Gasteiger partial charge in [0.15, 0.2) is 0 Å². The summed E-state index contributed by atoms with van der Waals surface area (Å²) in [5.74, 6) is 0. The van der Waals surface area contributed by atoms with Gasteiger partial charge in [0.25, 0.3) is 0 Å². The van der Waals surface area contributed by atoms with Crippen LogP contribution in [0, 0.1) is 5.41 Å². The fraction of sp³-hybridized carbons (Fsp3) is 0.467. The number of rotatable bonds is 2. The minimum Gasteiger partial charge on any atom is -0.392 e. The lowest BCUT2D eigenvalue weighted by Crippen LogP contribution is -2.19. The van der Waals surface area contributed by atoms with E-state index in [1.165, 1.54) is 23.1 Å². The van der Waals surface area contributed by atoms with E-state index < -0.39 is 0 Å². The number of hydrogen-bond donors (Lipinski definition) is 1. The molecule has 92 valence electrons. The van der Waals surface area contributed by atoms with Gasteiger partial charge in [0.2, 0.25) is 0 Å². The fourth-order valence-corrected chi connectivity index (χ4v) is 2.69. The second-order valence-corrected chi connectivity index (χ2v) is 6.02. The molecule has 0 fully saturated rings. The molecule has 1 aliphatic rings. The monoisotopic (exact) mass is 250 g/mol. The zero-order valence-electron chi connectivity index (χ0n) is 10.5. The first-order valence-electron chi connectivity index (χ1n) is 6.09. The molecule has 2 rings (SSSR count). The summed E-state index contributed by atoms with van der Waals surface area (Å²) in [7, 11) is 0. The van der Waals surface area contributed by atoms with Crippen LogP contribution in [0.25, 0.3) is 5.57 Å². The summed E-state index contributed by atoms with van der Waals surface area (Å²) in [6, 6.07) is 7.93. The van der Waals surface area contributed by atoms with Gasteiger partial charge in [-0.3, -0.25) is 0 Å². The Morgan fingerprint density at radius 1 is 1.24 bits per heavy atom. The van der Waals surface area contributed by atoms with Crippen LogP contribution in [-0.4, -0.2) is 11.7 Å². The summed E-state index contributed by atoms with van der Waals surface area (Å²) >= 11 is 5.90. The Bertz CT molecular complexity index is 429. The van der Waals surface area contributed by atoms with Crippen LogP contribution in [-0.2, 0) is 0 Å². The van der Waals surface area contributed by atoms with Crippen molar-refractivity contribution < 1.29 is 5.11 Å². The van der Waals surface area contributed by atoms with Crippen LogP contribution in [0.5, 0.6) is 0 Å². The third-order valence-corrected chi connectivity index (χ3v) is 3.81. The molecule has 2 heteroatoms. The second-order valence-electron chi connectivity index (χ2n) is 5.59. The molecule has 1 aromatic rings.